The van der Waals surface area contributed by atoms with Gasteiger partial charge in [0, 0.05) is 5.92 Å². The summed E-state index contributed by atoms with van der Waals surface area (Å²) in [5, 5.41) is 8.41. The van der Waals surface area contributed by atoms with Crippen molar-refractivity contribution in [1.82, 2.24) is 5.48 Å². The number of hydrogen-bond donors (Lipinski definition) is 2. The number of rotatable bonds is 1. The van der Waals surface area contributed by atoms with Crippen LogP contribution in [-0.4, -0.2) is 11.1 Å². The second-order valence-electron chi connectivity index (χ2n) is 3.34. The minimum atomic E-state index is -0.211. The summed E-state index contributed by atoms with van der Waals surface area (Å²) in [5.41, 5.74) is 1.73. The number of carbonyl (C=O) groups excluding carboxylic acids is 1. The van der Waals surface area contributed by atoms with Crippen molar-refractivity contribution in [3.05, 3.63) is 0 Å². The molecule has 0 aliphatic heterocycles. The van der Waals surface area contributed by atoms with Crippen LogP contribution in [0.25, 0.3) is 0 Å². The van der Waals surface area contributed by atoms with Gasteiger partial charge in [0.25, 0.3) is 0 Å². The summed E-state index contributed by atoms with van der Waals surface area (Å²) < 4.78 is 0. The first kappa shape index (κ1) is 8.53. The average molecular weight is 157 g/mol. The van der Waals surface area contributed by atoms with Gasteiger partial charge < -0.3 is 0 Å². The van der Waals surface area contributed by atoms with Crippen LogP contribution in [0.3, 0.4) is 0 Å². The number of hydrogen-bond acceptors (Lipinski definition) is 2. The van der Waals surface area contributed by atoms with Crippen LogP contribution >= 0.6 is 0 Å². The van der Waals surface area contributed by atoms with E-state index < -0.39 is 0 Å². The van der Waals surface area contributed by atoms with Crippen LogP contribution < -0.4 is 5.48 Å². The Balaban J connectivity index is 2.47. The zero-order chi connectivity index (χ0) is 8.27. The van der Waals surface area contributed by atoms with E-state index in [9.17, 15) is 4.79 Å². The Hall–Kier alpha value is -0.570. The van der Waals surface area contributed by atoms with E-state index in [1.165, 1.54) is 6.42 Å². The molecule has 0 radical (unpaired) electrons. The molecule has 64 valence electrons. The van der Waals surface area contributed by atoms with Gasteiger partial charge in [0.05, 0.1) is 0 Å². The SMILES string of the molecule is CC1CCCC[C@@H]1C(=O)NO. The Morgan fingerprint density at radius 1 is 1.45 bits per heavy atom. The molecule has 0 heterocycles. The van der Waals surface area contributed by atoms with E-state index in [1.54, 1.807) is 5.48 Å². The summed E-state index contributed by atoms with van der Waals surface area (Å²) in [6.07, 6.45) is 4.37. The summed E-state index contributed by atoms with van der Waals surface area (Å²) in [6.45, 7) is 2.07. The van der Waals surface area contributed by atoms with Crippen LogP contribution in [0, 0.1) is 11.8 Å². The third-order valence-electron chi connectivity index (χ3n) is 2.56. The van der Waals surface area contributed by atoms with E-state index in [-0.39, 0.29) is 11.8 Å². The molecule has 3 nitrogen and oxygen atoms in total. The molecular formula is C8H15NO2. The molecule has 1 rings (SSSR count). The van der Waals surface area contributed by atoms with Crippen LogP contribution in [0.2, 0.25) is 0 Å². The Bertz CT molecular complexity index is 147. The minimum absolute atomic E-state index is 0.0359. The van der Waals surface area contributed by atoms with Crippen LogP contribution in [0.5, 0.6) is 0 Å². The average Bonchev–Trinajstić information content (AvgIpc) is 2.04. The first-order valence-corrected chi connectivity index (χ1v) is 4.19. The lowest BCUT2D eigenvalue weighted by Gasteiger charge is -2.26. The lowest BCUT2D eigenvalue weighted by molar-refractivity contribution is -0.136. The molecule has 1 saturated carbocycles. The maximum Gasteiger partial charge on any atom is 0.246 e. The molecule has 0 aromatic heterocycles. The molecule has 0 aromatic rings. The summed E-state index contributed by atoms with van der Waals surface area (Å²) in [5.74, 6) is 0.252. The lowest BCUT2D eigenvalue weighted by Crippen LogP contribution is -2.33. The molecule has 2 N–H and O–H groups in total. The molecule has 1 aliphatic carbocycles. The second-order valence-corrected chi connectivity index (χ2v) is 3.34. The first-order chi connectivity index (χ1) is 5.25. The first-order valence-electron chi connectivity index (χ1n) is 4.19. The van der Waals surface area contributed by atoms with Crippen LogP contribution in [0.1, 0.15) is 32.6 Å². The fraction of sp³-hybridized carbons (Fsp3) is 0.875. The van der Waals surface area contributed by atoms with Crippen molar-refractivity contribution in [2.24, 2.45) is 11.8 Å². The second kappa shape index (κ2) is 3.72. The molecule has 2 atom stereocenters. The zero-order valence-corrected chi connectivity index (χ0v) is 6.84. The molecule has 1 fully saturated rings. The molecule has 1 amide bonds. The van der Waals surface area contributed by atoms with Crippen molar-refractivity contribution in [3.63, 3.8) is 0 Å². The maximum absolute atomic E-state index is 11.0. The molecule has 0 aromatic carbocycles. The maximum atomic E-state index is 11.0. The minimum Gasteiger partial charge on any atom is -0.289 e. The van der Waals surface area contributed by atoms with Gasteiger partial charge in [-0.2, -0.15) is 0 Å². The molecule has 0 saturated heterocycles. The van der Waals surface area contributed by atoms with Gasteiger partial charge in [-0.25, -0.2) is 5.48 Å². The summed E-state index contributed by atoms with van der Waals surface area (Å²) in [6, 6.07) is 0. The molecule has 3 heteroatoms. The van der Waals surface area contributed by atoms with Gasteiger partial charge in [0.2, 0.25) is 5.91 Å². The van der Waals surface area contributed by atoms with E-state index in [0.29, 0.717) is 5.92 Å². The summed E-state index contributed by atoms with van der Waals surface area (Å²) in [7, 11) is 0. The van der Waals surface area contributed by atoms with Crippen LogP contribution in [0.15, 0.2) is 0 Å². The largest absolute Gasteiger partial charge is 0.289 e. The Morgan fingerprint density at radius 3 is 2.64 bits per heavy atom. The predicted octanol–water partition coefficient (Wildman–Crippen LogP) is 1.32. The van der Waals surface area contributed by atoms with Gasteiger partial charge >= 0.3 is 0 Å². The highest BCUT2D eigenvalue weighted by Gasteiger charge is 2.27. The summed E-state index contributed by atoms with van der Waals surface area (Å²) >= 11 is 0. The van der Waals surface area contributed by atoms with Gasteiger partial charge in [0.1, 0.15) is 0 Å². The van der Waals surface area contributed by atoms with Crippen molar-refractivity contribution in [2.75, 3.05) is 0 Å². The number of carbonyl (C=O) groups is 1. The van der Waals surface area contributed by atoms with Crippen molar-refractivity contribution in [3.8, 4) is 0 Å². The number of nitrogens with one attached hydrogen (secondary N) is 1. The van der Waals surface area contributed by atoms with Crippen LogP contribution in [-0.2, 0) is 4.79 Å². The van der Waals surface area contributed by atoms with Crippen molar-refractivity contribution >= 4 is 5.91 Å². The molecule has 0 spiro atoms. The van der Waals surface area contributed by atoms with Gasteiger partial charge in [0.15, 0.2) is 0 Å². The number of amides is 1. The monoisotopic (exact) mass is 157 g/mol. The Kier molecular flexibility index (Phi) is 2.88. The van der Waals surface area contributed by atoms with E-state index in [1.807, 2.05) is 0 Å². The van der Waals surface area contributed by atoms with E-state index >= 15 is 0 Å². The number of hydroxylamine groups is 1. The molecule has 0 bridgehead atoms. The van der Waals surface area contributed by atoms with Gasteiger partial charge in [-0.3, -0.25) is 10.0 Å². The topological polar surface area (TPSA) is 49.3 Å². The van der Waals surface area contributed by atoms with Gasteiger partial charge in [-0.05, 0) is 18.8 Å². The quantitative estimate of drug-likeness (QED) is 0.445. The zero-order valence-electron chi connectivity index (χ0n) is 6.84. The van der Waals surface area contributed by atoms with Crippen LogP contribution in [0.4, 0.5) is 0 Å². The lowest BCUT2D eigenvalue weighted by atomic mass is 9.80. The highest BCUT2D eigenvalue weighted by Crippen LogP contribution is 2.29. The molecular weight excluding hydrogens is 142 g/mol. The predicted molar refractivity (Wildman–Crippen MR) is 41.1 cm³/mol. The summed E-state index contributed by atoms with van der Waals surface area (Å²) in [4.78, 5) is 11.0. The highest BCUT2D eigenvalue weighted by atomic mass is 16.5. The third kappa shape index (κ3) is 1.93. The fourth-order valence-electron chi connectivity index (χ4n) is 1.79. The fourth-order valence-corrected chi connectivity index (χ4v) is 1.79. The van der Waals surface area contributed by atoms with Gasteiger partial charge in [-0.15, -0.1) is 0 Å². The van der Waals surface area contributed by atoms with Crippen molar-refractivity contribution in [1.29, 1.82) is 0 Å². The van der Waals surface area contributed by atoms with Gasteiger partial charge in [-0.1, -0.05) is 19.8 Å². The Labute approximate surface area is 66.7 Å². The molecule has 1 aliphatic rings. The third-order valence-corrected chi connectivity index (χ3v) is 2.56. The standard InChI is InChI=1S/C8H15NO2/c1-6-4-2-3-5-7(6)8(10)9-11/h6-7,11H,2-5H2,1H3,(H,9,10)/t6?,7-/m0/s1. The van der Waals surface area contributed by atoms with E-state index in [2.05, 4.69) is 6.92 Å². The normalized spacial score (nSPS) is 31.5. The smallest absolute Gasteiger partial charge is 0.246 e. The van der Waals surface area contributed by atoms with E-state index in [4.69, 9.17) is 5.21 Å². The molecule has 1 unspecified atom stereocenters. The van der Waals surface area contributed by atoms with E-state index in [0.717, 1.165) is 19.3 Å². The molecule has 11 heavy (non-hydrogen) atoms. The Morgan fingerprint density at radius 2 is 2.09 bits per heavy atom. The highest BCUT2D eigenvalue weighted by molar-refractivity contribution is 5.77. The van der Waals surface area contributed by atoms with Crippen molar-refractivity contribution in [2.45, 2.75) is 32.6 Å². The van der Waals surface area contributed by atoms with Crippen molar-refractivity contribution < 1.29 is 10.0 Å².